The van der Waals surface area contributed by atoms with Crippen LogP contribution in [0.25, 0.3) is 0 Å². The Bertz CT molecular complexity index is 11.0. The van der Waals surface area contributed by atoms with E-state index in [0.29, 0.717) is 0 Å². The van der Waals surface area contributed by atoms with Gasteiger partial charge in [-0.3, -0.25) is 0 Å². The van der Waals surface area contributed by atoms with Crippen molar-refractivity contribution >= 4 is 0 Å². The summed E-state index contributed by atoms with van der Waals surface area (Å²) in [6, 6.07) is 0. The Labute approximate surface area is 84.1 Å². The molecule has 0 N–H and O–H groups in total. The van der Waals surface area contributed by atoms with Crippen molar-refractivity contribution in [1.29, 1.82) is 0 Å². The van der Waals surface area contributed by atoms with Gasteiger partial charge in [-0.05, 0) is 0 Å². The van der Waals surface area contributed by atoms with Crippen molar-refractivity contribution in [2.45, 2.75) is 0 Å². The summed E-state index contributed by atoms with van der Waals surface area (Å²) >= 11 is 2.94. The molecule has 0 aromatic heterocycles. The first-order valence-electron chi connectivity index (χ1n) is 0.123. The van der Waals surface area contributed by atoms with Gasteiger partial charge in [0, 0.05) is 37.1 Å². The van der Waals surface area contributed by atoms with Crippen LogP contribution < -0.4 is 0 Å². The van der Waals surface area contributed by atoms with Gasteiger partial charge in [0.15, 0.2) is 0 Å². The van der Waals surface area contributed by atoms with Crippen LogP contribution in [0.4, 0.5) is 0 Å². The van der Waals surface area contributed by atoms with E-state index in [1.165, 1.54) is 0 Å². The zero-order valence-corrected chi connectivity index (χ0v) is 7.38. The first-order chi connectivity index (χ1) is 1.00. The third kappa shape index (κ3) is 297. The molecule has 0 bridgehead atoms. The maximum absolute atomic E-state index is 7.81. The second kappa shape index (κ2) is 384. The van der Waals surface area contributed by atoms with E-state index < -0.39 is 0 Å². The summed E-state index contributed by atoms with van der Waals surface area (Å²) in [5.74, 6) is 0. The Morgan fingerprint density at radius 2 is 0.556 bits per heavy atom. The zero-order chi connectivity index (χ0) is 2.00. The quantitative estimate of drug-likeness (QED) is 0.517. The maximum Gasteiger partial charge on any atom is 0 e. The van der Waals surface area contributed by atoms with E-state index in [0.717, 1.165) is 0 Å². The summed E-state index contributed by atoms with van der Waals surface area (Å²) in [6.45, 7) is 0. The Hall–Kier alpha value is 1.29. The van der Waals surface area contributed by atoms with Gasteiger partial charge in [0.25, 0.3) is 0 Å². The molecule has 67 valence electrons. The van der Waals surface area contributed by atoms with Gasteiger partial charge in [-0.1, -0.05) is 0 Å². The third-order valence-corrected chi connectivity index (χ3v) is 0. The fourth-order valence-electron chi connectivity index (χ4n) is 0. The summed E-state index contributed by atoms with van der Waals surface area (Å²) < 4.78 is 7.81. The molecule has 9 heavy (non-hydrogen) atoms. The smallest absolute Gasteiger partial charge is 0 e. The minimum atomic E-state index is 0. The standard InChI is InChI=1S/Cu.6O.2V/q;;5*-2;;. The molecule has 0 rings (SSSR count). The van der Waals surface area contributed by atoms with E-state index in [2.05, 4.69) is 15.9 Å². The van der Waals surface area contributed by atoms with Gasteiger partial charge in [0.2, 0.25) is 0 Å². The van der Waals surface area contributed by atoms with Gasteiger partial charge in [-0.25, -0.2) is 0 Å². The van der Waals surface area contributed by atoms with Crippen molar-refractivity contribution < 1.29 is 84.3 Å². The predicted octanol–water partition coefficient (Wildman–Crippen LogP) is -0.720. The molecule has 0 atom stereocenters. The summed E-state index contributed by atoms with van der Waals surface area (Å²) in [4.78, 5) is 0. The molecule has 2 radical (unpaired) electrons. The summed E-state index contributed by atoms with van der Waals surface area (Å²) in [5, 5.41) is 0. The van der Waals surface area contributed by atoms with Crippen molar-refractivity contribution in [2.75, 3.05) is 0 Å². The molecule has 0 saturated carbocycles. The van der Waals surface area contributed by atoms with E-state index in [1.54, 1.807) is 0 Å². The van der Waals surface area contributed by atoms with Crippen molar-refractivity contribution in [3.63, 3.8) is 0 Å². The molecular weight excluding hydrogens is 261 g/mol. The molecule has 0 aliphatic carbocycles. The van der Waals surface area contributed by atoms with E-state index in [4.69, 9.17) is 3.83 Å². The van der Waals surface area contributed by atoms with Crippen LogP contribution in [0.15, 0.2) is 0 Å². The average Bonchev–Trinajstić information content (AvgIpc) is 1.00. The topological polar surface area (TPSA) is 160 Å². The molecule has 0 amide bonds. The molecule has 0 aromatic carbocycles. The van der Waals surface area contributed by atoms with Crippen LogP contribution in [0.5, 0.6) is 0 Å². The molecule has 0 spiro atoms. The molecule has 0 saturated heterocycles. The summed E-state index contributed by atoms with van der Waals surface area (Å²) in [5.41, 5.74) is 0. The molecule has 9 heteroatoms. The molecule has 0 unspecified atom stereocenters. The first kappa shape index (κ1) is 170. The van der Waals surface area contributed by atoms with Crippen LogP contribution in [0.1, 0.15) is 0 Å². The average molecular weight is 261 g/mol. The van der Waals surface area contributed by atoms with Crippen LogP contribution in [0.3, 0.4) is 0 Å². The van der Waals surface area contributed by atoms with Crippen LogP contribution in [0.2, 0.25) is 0 Å². The van der Waals surface area contributed by atoms with E-state index in [-0.39, 0.29) is 64.5 Å². The van der Waals surface area contributed by atoms with Crippen LogP contribution in [-0.2, 0) is 84.3 Å². The van der Waals surface area contributed by atoms with E-state index in [1.807, 2.05) is 0 Å². The zero-order valence-electron chi connectivity index (χ0n) is 3.65. The summed E-state index contributed by atoms with van der Waals surface area (Å²) in [6.07, 6.45) is 0. The molecule has 0 aliphatic rings. The van der Waals surface area contributed by atoms with Gasteiger partial charge in [-0.15, -0.1) is 0 Å². The third-order valence-electron chi connectivity index (χ3n) is 0. The van der Waals surface area contributed by atoms with Gasteiger partial charge >= 0.3 is 19.8 Å². The fraction of sp³-hybridized carbons (Fsp3) is 0. The van der Waals surface area contributed by atoms with Crippen molar-refractivity contribution in [1.82, 2.24) is 0 Å². The second-order valence-electron chi connectivity index (χ2n) is 0. The van der Waals surface area contributed by atoms with Gasteiger partial charge in [0.05, 0.1) is 0 Å². The Morgan fingerprint density at radius 1 is 0.556 bits per heavy atom. The number of rotatable bonds is 0. The predicted molar refractivity (Wildman–Crippen MR) is 4.12 cm³/mol. The molecule has 0 fully saturated rings. The van der Waals surface area contributed by atoms with Crippen LogP contribution in [-0.4, -0.2) is 0 Å². The Kier molecular flexibility index (Phi) is 7240. The molecular formula is CuO6V2-10. The molecule has 6 nitrogen and oxygen atoms in total. The molecule has 0 aromatic rings. The SMILES string of the molecule is [O-2].[O-2].[O-2].[O-2].[O-2].[O]=[Cu].[V].[V]. The van der Waals surface area contributed by atoms with Gasteiger partial charge in [-0.2, -0.15) is 0 Å². The minimum absolute atomic E-state index is 0. The normalized spacial score (nSPS) is 0.667. The fourth-order valence-corrected chi connectivity index (χ4v) is 0. The van der Waals surface area contributed by atoms with Crippen molar-refractivity contribution in [3.8, 4) is 0 Å². The van der Waals surface area contributed by atoms with Crippen molar-refractivity contribution in [3.05, 3.63) is 0 Å². The van der Waals surface area contributed by atoms with Gasteiger partial charge < -0.3 is 27.4 Å². The van der Waals surface area contributed by atoms with Crippen molar-refractivity contribution in [2.24, 2.45) is 0 Å². The van der Waals surface area contributed by atoms with E-state index in [9.17, 15) is 0 Å². The number of hydrogen-bond donors (Lipinski definition) is 0. The van der Waals surface area contributed by atoms with Gasteiger partial charge in [0.1, 0.15) is 0 Å². The van der Waals surface area contributed by atoms with Crippen LogP contribution >= 0.6 is 0 Å². The maximum atomic E-state index is 7.81. The molecule has 0 aliphatic heterocycles. The Morgan fingerprint density at radius 3 is 0.556 bits per heavy atom. The molecule has 0 heterocycles. The second-order valence-corrected chi connectivity index (χ2v) is 0. The largest absolute Gasteiger partial charge is 0 e. The summed E-state index contributed by atoms with van der Waals surface area (Å²) in [7, 11) is 0. The monoisotopic (exact) mass is 261 g/mol. The Balaban J connectivity index is -0.000000000238. The minimum Gasteiger partial charge on any atom is 0 e. The first-order valence-corrected chi connectivity index (χ1v) is 0.508. The number of hydrogen-bond acceptors (Lipinski definition) is 1. The van der Waals surface area contributed by atoms with Crippen LogP contribution in [0, 0.1) is 0 Å². The van der Waals surface area contributed by atoms with E-state index >= 15 is 0 Å².